The van der Waals surface area contributed by atoms with Crippen LogP contribution >= 0.6 is 0 Å². The van der Waals surface area contributed by atoms with Gasteiger partial charge in [0.1, 0.15) is 5.70 Å². The maximum atomic E-state index is 13.1. The average Bonchev–Trinajstić information content (AvgIpc) is 3.32. The summed E-state index contributed by atoms with van der Waals surface area (Å²) < 4.78 is 15.7. The summed E-state index contributed by atoms with van der Waals surface area (Å²) in [7, 11) is 0. The summed E-state index contributed by atoms with van der Waals surface area (Å²) in [6, 6.07) is 20.1. The first kappa shape index (κ1) is 22.6. The molecule has 0 aromatic heterocycles. The molecule has 0 spiro atoms. The first-order valence-electron chi connectivity index (χ1n) is 10.6. The Bertz CT molecular complexity index is 1240. The molecule has 3 aromatic rings. The van der Waals surface area contributed by atoms with E-state index >= 15 is 0 Å². The normalized spacial score (nSPS) is 12.1. The summed E-state index contributed by atoms with van der Waals surface area (Å²) in [5.41, 5.74) is 1.89. The van der Waals surface area contributed by atoms with Crippen LogP contribution in [0.25, 0.3) is 6.08 Å². The van der Waals surface area contributed by atoms with Gasteiger partial charge in [0, 0.05) is 11.3 Å². The Balaban J connectivity index is 1.57. The first-order chi connectivity index (χ1) is 16.5. The second-order valence-electron chi connectivity index (χ2n) is 7.24. The predicted octanol–water partition coefficient (Wildman–Crippen LogP) is 4.00. The van der Waals surface area contributed by atoms with Gasteiger partial charge in [-0.3, -0.25) is 9.59 Å². The number of hydrogen-bond acceptors (Lipinski definition) is 6. The molecule has 0 saturated carbocycles. The Hall–Kier alpha value is -4.59. The second-order valence-corrected chi connectivity index (χ2v) is 7.24. The van der Waals surface area contributed by atoms with E-state index in [9.17, 15) is 14.4 Å². The van der Waals surface area contributed by atoms with Gasteiger partial charge in [-0.1, -0.05) is 24.3 Å². The van der Waals surface area contributed by atoms with Gasteiger partial charge in [-0.25, -0.2) is 4.79 Å². The molecule has 1 aliphatic rings. The Kier molecular flexibility index (Phi) is 6.88. The van der Waals surface area contributed by atoms with E-state index in [1.807, 2.05) is 0 Å². The lowest BCUT2D eigenvalue weighted by atomic mass is 10.1. The number of fused-ring (bicyclic) bond motifs is 1. The van der Waals surface area contributed by atoms with Crippen molar-refractivity contribution >= 4 is 29.5 Å². The van der Waals surface area contributed by atoms with Crippen LogP contribution in [0.15, 0.2) is 78.5 Å². The van der Waals surface area contributed by atoms with Gasteiger partial charge in [0.2, 0.25) is 6.79 Å². The fourth-order valence-electron chi connectivity index (χ4n) is 3.21. The largest absolute Gasteiger partial charge is 0.462 e. The molecule has 172 valence electrons. The predicted molar refractivity (Wildman–Crippen MR) is 125 cm³/mol. The van der Waals surface area contributed by atoms with Gasteiger partial charge in [-0.15, -0.1) is 0 Å². The van der Waals surface area contributed by atoms with Gasteiger partial charge < -0.3 is 24.8 Å². The number of anilines is 1. The average molecular weight is 458 g/mol. The molecule has 8 nitrogen and oxygen atoms in total. The van der Waals surface area contributed by atoms with Crippen molar-refractivity contribution in [1.82, 2.24) is 5.32 Å². The molecule has 0 fully saturated rings. The van der Waals surface area contributed by atoms with Crippen LogP contribution in [-0.4, -0.2) is 31.2 Å². The van der Waals surface area contributed by atoms with Crippen LogP contribution in [0.2, 0.25) is 0 Å². The van der Waals surface area contributed by atoms with E-state index in [1.54, 1.807) is 85.8 Å². The van der Waals surface area contributed by atoms with Crippen LogP contribution < -0.4 is 20.1 Å². The number of carbonyl (C=O) groups is 3. The van der Waals surface area contributed by atoms with E-state index in [1.165, 1.54) is 0 Å². The smallest absolute Gasteiger partial charge is 0.338 e. The molecular weight excluding hydrogens is 436 g/mol. The molecule has 1 aliphatic heterocycles. The molecule has 3 aromatic carbocycles. The monoisotopic (exact) mass is 458 g/mol. The number of ether oxygens (including phenoxy) is 3. The van der Waals surface area contributed by atoms with Gasteiger partial charge in [0.05, 0.1) is 12.2 Å². The lowest BCUT2D eigenvalue weighted by molar-refractivity contribution is -0.113. The zero-order valence-electron chi connectivity index (χ0n) is 18.4. The molecule has 2 amide bonds. The lowest BCUT2D eigenvalue weighted by Crippen LogP contribution is -2.30. The molecule has 0 aliphatic carbocycles. The van der Waals surface area contributed by atoms with E-state index in [0.29, 0.717) is 33.9 Å². The Morgan fingerprint density at radius 1 is 0.912 bits per heavy atom. The van der Waals surface area contributed by atoms with E-state index in [4.69, 9.17) is 14.2 Å². The van der Waals surface area contributed by atoms with Gasteiger partial charge in [-0.2, -0.15) is 0 Å². The van der Waals surface area contributed by atoms with Crippen molar-refractivity contribution < 1.29 is 28.6 Å². The summed E-state index contributed by atoms with van der Waals surface area (Å²) in [6.07, 6.45) is 1.55. The SMILES string of the molecule is CCOC(=O)c1ccc(NC(=O)/C(=C\c2ccc3c(c2)OCO3)NC(=O)c2ccccc2)cc1. The van der Waals surface area contributed by atoms with Crippen LogP contribution in [0.4, 0.5) is 5.69 Å². The standard InChI is InChI=1S/C26H22N2O6/c1-2-32-26(31)19-9-11-20(12-10-19)27-25(30)21(28-24(29)18-6-4-3-5-7-18)14-17-8-13-22-23(15-17)34-16-33-22/h3-15H,2,16H2,1H3,(H,27,30)(H,28,29)/b21-14+. The van der Waals surface area contributed by atoms with Crippen molar-refractivity contribution in [2.24, 2.45) is 0 Å². The van der Waals surface area contributed by atoms with Crippen LogP contribution in [0, 0.1) is 0 Å². The van der Waals surface area contributed by atoms with E-state index in [2.05, 4.69) is 10.6 Å². The van der Waals surface area contributed by atoms with Crippen molar-refractivity contribution in [1.29, 1.82) is 0 Å². The quantitative estimate of drug-likeness (QED) is 0.410. The third kappa shape index (κ3) is 5.42. The van der Waals surface area contributed by atoms with Crippen LogP contribution in [-0.2, 0) is 9.53 Å². The van der Waals surface area contributed by atoms with Crippen LogP contribution in [0.1, 0.15) is 33.2 Å². The Labute approximate surface area is 196 Å². The minimum atomic E-state index is -0.536. The molecule has 0 radical (unpaired) electrons. The highest BCUT2D eigenvalue weighted by Gasteiger charge is 2.17. The molecule has 0 bridgehead atoms. The number of rotatable bonds is 7. The fourth-order valence-corrected chi connectivity index (χ4v) is 3.21. The fraction of sp³-hybridized carbons (Fsp3) is 0.115. The van der Waals surface area contributed by atoms with Crippen LogP contribution in [0.3, 0.4) is 0 Å². The number of nitrogens with one attached hydrogen (secondary N) is 2. The molecule has 4 rings (SSSR count). The summed E-state index contributed by atoms with van der Waals surface area (Å²) >= 11 is 0. The number of esters is 1. The third-order valence-corrected chi connectivity index (χ3v) is 4.89. The molecule has 2 N–H and O–H groups in total. The number of carbonyl (C=O) groups excluding carboxylic acids is 3. The van der Waals surface area contributed by atoms with Gasteiger partial charge in [0.25, 0.3) is 11.8 Å². The maximum absolute atomic E-state index is 13.1. The minimum absolute atomic E-state index is 0.0298. The highest BCUT2D eigenvalue weighted by molar-refractivity contribution is 6.10. The number of benzene rings is 3. The van der Waals surface area contributed by atoms with E-state index in [-0.39, 0.29) is 19.1 Å². The molecule has 0 unspecified atom stereocenters. The summed E-state index contributed by atoms with van der Waals surface area (Å²) in [4.78, 5) is 37.7. The highest BCUT2D eigenvalue weighted by Crippen LogP contribution is 2.33. The lowest BCUT2D eigenvalue weighted by Gasteiger charge is -2.12. The zero-order valence-corrected chi connectivity index (χ0v) is 18.4. The second kappa shape index (κ2) is 10.4. The maximum Gasteiger partial charge on any atom is 0.338 e. The first-order valence-corrected chi connectivity index (χ1v) is 10.6. The topological polar surface area (TPSA) is 103 Å². The van der Waals surface area contributed by atoms with Crippen molar-refractivity contribution in [2.75, 3.05) is 18.7 Å². The molecule has 0 atom stereocenters. The minimum Gasteiger partial charge on any atom is -0.462 e. The molecular formula is C26H22N2O6. The van der Waals surface area contributed by atoms with Crippen molar-refractivity contribution in [3.63, 3.8) is 0 Å². The molecule has 0 saturated heterocycles. The van der Waals surface area contributed by atoms with Crippen molar-refractivity contribution in [3.8, 4) is 11.5 Å². The Morgan fingerprint density at radius 2 is 1.65 bits per heavy atom. The third-order valence-electron chi connectivity index (χ3n) is 4.89. The van der Waals surface area contributed by atoms with Crippen molar-refractivity contribution in [2.45, 2.75) is 6.92 Å². The van der Waals surface area contributed by atoms with E-state index < -0.39 is 17.8 Å². The molecule has 8 heteroatoms. The number of amides is 2. The summed E-state index contributed by atoms with van der Waals surface area (Å²) in [5, 5.41) is 5.42. The summed E-state index contributed by atoms with van der Waals surface area (Å²) in [5.74, 6) is -0.249. The molecule has 34 heavy (non-hydrogen) atoms. The van der Waals surface area contributed by atoms with Gasteiger partial charge in [-0.05, 0) is 67.1 Å². The van der Waals surface area contributed by atoms with Gasteiger partial charge in [0.15, 0.2) is 11.5 Å². The molecule has 1 heterocycles. The highest BCUT2D eigenvalue weighted by atomic mass is 16.7. The Morgan fingerprint density at radius 3 is 2.38 bits per heavy atom. The zero-order chi connectivity index (χ0) is 23.9. The number of hydrogen-bond donors (Lipinski definition) is 2. The van der Waals surface area contributed by atoms with Crippen LogP contribution in [0.5, 0.6) is 11.5 Å². The van der Waals surface area contributed by atoms with E-state index in [0.717, 1.165) is 0 Å². The van der Waals surface area contributed by atoms with Crippen molar-refractivity contribution in [3.05, 3.63) is 95.2 Å². The van der Waals surface area contributed by atoms with Gasteiger partial charge >= 0.3 is 5.97 Å². The summed E-state index contributed by atoms with van der Waals surface area (Å²) in [6.45, 7) is 2.12.